The summed E-state index contributed by atoms with van der Waals surface area (Å²) in [4.78, 5) is 2.23. The lowest BCUT2D eigenvalue weighted by molar-refractivity contribution is 0.0378. The van der Waals surface area contributed by atoms with Crippen molar-refractivity contribution in [1.82, 2.24) is 4.90 Å². The zero-order chi connectivity index (χ0) is 9.90. The molecule has 0 radical (unpaired) electrons. The molecule has 0 saturated carbocycles. The van der Waals surface area contributed by atoms with Crippen molar-refractivity contribution in [3.05, 3.63) is 0 Å². The van der Waals surface area contributed by atoms with Crippen LogP contribution in [0.2, 0.25) is 0 Å². The van der Waals surface area contributed by atoms with Gasteiger partial charge in [-0.2, -0.15) is 0 Å². The van der Waals surface area contributed by atoms with Gasteiger partial charge in [0.2, 0.25) is 0 Å². The molecule has 2 N–H and O–H groups in total. The summed E-state index contributed by atoms with van der Waals surface area (Å²) in [6.07, 6.45) is 1.80. The van der Waals surface area contributed by atoms with Gasteiger partial charge in [0.15, 0.2) is 0 Å². The Bertz CT molecular complexity index is 149. The van der Waals surface area contributed by atoms with Crippen molar-refractivity contribution in [3.8, 4) is 0 Å². The maximum Gasteiger partial charge on any atom is 0.0897 e. The van der Waals surface area contributed by atoms with E-state index in [4.69, 9.17) is 5.11 Å². The SMILES string of the molecule is CC1(C)CCN(CC(O)CO)CC1. The second-order valence-corrected chi connectivity index (χ2v) is 4.80. The average molecular weight is 187 g/mol. The van der Waals surface area contributed by atoms with Crippen molar-refractivity contribution in [1.29, 1.82) is 0 Å². The zero-order valence-electron chi connectivity index (χ0n) is 8.66. The highest BCUT2D eigenvalue weighted by molar-refractivity contribution is 4.79. The third-order valence-electron chi connectivity index (χ3n) is 2.89. The Balaban J connectivity index is 2.25. The molecule has 1 atom stereocenters. The first-order chi connectivity index (χ1) is 6.03. The number of hydrogen-bond donors (Lipinski definition) is 2. The maximum absolute atomic E-state index is 9.25. The highest BCUT2D eigenvalue weighted by atomic mass is 16.3. The highest BCUT2D eigenvalue weighted by Crippen LogP contribution is 2.29. The Morgan fingerprint density at radius 3 is 2.31 bits per heavy atom. The van der Waals surface area contributed by atoms with Gasteiger partial charge in [-0.05, 0) is 31.3 Å². The number of aliphatic hydroxyl groups is 2. The van der Waals surface area contributed by atoms with E-state index in [0.717, 1.165) is 13.1 Å². The summed E-state index contributed by atoms with van der Waals surface area (Å²) in [5, 5.41) is 17.9. The standard InChI is InChI=1S/C10H21NO2/c1-10(2)3-5-11(6-4-10)7-9(13)8-12/h9,12-13H,3-8H2,1-2H3. The van der Waals surface area contributed by atoms with E-state index in [2.05, 4.69) is 18.7 Å². The van der Waals surface area contributed by atoms with Crippen LogP contribution in [0.3, 0.4) is 0 Å². The predicted octanol–water partition coefficient (Wildman–Crippen LogP) is 0.462. The minimum absolute atomic E-state index is 0.125. The van der Waals surface area contributed by atoms with Gasteiger partial charge in [0.25, 0.3) is 0 Å². The van der Waals surface area contributed by atoms with Crippen molar-refractivity contribution in [2.45, 2.75) is 32.8 Å². The summed E-state index contributed by atoms with van der Waals surface area (Å²) < 4.78 is 0. The molecule has 0 bridgehead atoms. The molecule has 0 aliphatic carbocycles. The molecule has 3 nitrogen and oxygen atoms in total. The molecule has 13 heavy (non-hydrogen) atoms. The van der Waals surface area contributed by atoms with Gasteiger partial charge in [-0.1, -0.05) is 13.8 Å². The first-order valence-corrected chi connectivity index (χ1v) is 5.05. The minimum atomic E-state index is -0.568. The lowest BCUT2D eigenvalue weighted by Crippen LogP contribution is -2.42. The van der Waals surface area contributed by atoms with Gasteiger partial charge in [0.05, 0.1) is 12.7 Å². The number of aliphatic hydroxyl groups excluding tert-OH is 2. The molecular formula is C10H21NO2. The molecule has 0 aromatic heterocycles. The van der Waals surface area contributed by atoms with Crippen LogP contribution in [0.15, 0.2) is 0 Å². The van der Waals surface area contributed by atoms with E-state index in [9.17, 15) is 5.11 Å². The normalized spacial score (nSPS) is 25.8. The summed E-state index contributed by atoms with van der Waals surface area (Å²) in [6, 6.07) is 0. The van der Waals surface area contributed by atoms with Crippen LogP contribution in [0.1, 0.15) is 26.7 Å². The molecule has 1 aliphatic rings. The fourth-order valence-corrected chi connectivity index (χ4v) is 1.70. The molecule has 1 aliphatic heterocycles. The fraction of sp³-hybridized carbons (Fsp3) is 1.00. The lowest BCUT2D eigenvalue weighted by Gasteiger charge is -2.37. The van der Waals surface area contributed by atoms with Crippen LogP contribution >= 0.6 is 0 Å². The number of β-amino-alcohol motifs (C(OH)–C–C–N with tert-alkyl or cyclic N) is 1. The van der Waals surface area contributed by atoms with Gasteiger partial charge in [-0.15, -0.1) is 0 Å². The number of rotatable bonds is 3. The van der Waals surface area contributed by atoms with Crippen molar-refractivity contribution in [2.75, 3.05) is 26.2 Å². The Morgan fingerprint density at radius 2 is 1.85 bits per heavy atom. The molecule has 1 fully saturated rings. The van der Waals surface area contributed by atoms with Crippen molar-refractivity contribution < 1.29 is 10.2 Å². The molecule has 1 rings (SSSR count). The van der Waals surface area contributed by atoms with Crippen LogP contribution in [0, 0.1) is 5.41 Å². The third kappa shape index (κ3) is 3.63. The van der Waals surface area contributed by atoms with Crippen LogP contribution in [0.5, 0.6) is 0 Å². The second-order valence-electron chi connectivity index (χ2n) is 4.80. The Morgan fingerprint density at radius 1 is 1.31 bits per heavy atom. The lowest BCUT2D eigenvalue weighted by atomic mass is 9.82. The van der Waals surface area contributed by atoms with Crippen molar-refractivity contribution in [2.24, 2.45) is 5.41 Å². The summed E-state index contributed by atoms with van der Waals surface area (Å²) in [7, 11) is 0. The summed E-state index contributed by atoms with van der Waals surface area (Å²) in [6.45, 7) is 7.15. The number of nitrogens with zero attached hydrogens (tertiary/aromatic N) is 1. The Kier molecular flexibility index (Phi) is 3.71. The largest absolute Gasteiger partial charge is 0.394 e. The summed E-state index contributed by atoms with van der Waals surface area (Å²) in [5.41, 5.74) is 0.459. The number of likely N-dealkylation sites (tertiary alicyclic amines) is 1. The van der Waals surface area contributed by atoms with Gasteiger partial charge in [0, 0.05) is 6.54 Å². The van der Waals surface area contributed by atoms with E-state index in [1.54, 1.807) is 0 Å². The van der Waals surface area contributed by atoms with Crippen molar-refractivity contribution >= 4 is 0 Å². The maximum atomic E-state index is 9.25. The van der Waals surface area contributed by atoms with Crippen LogP contribution in [0.4, 0.5) is 0 Å². The molecular weight excluding hydrogens is 166 g/mol. The smallest absolute Gasteiger partial charge is 0.0897 e. The van der Waals surface area contributed by atoms with E-state index < -0.39 is 6.10 Å². The van der Waals surface area contributed by atoms with Crippen LogP contribution < -0.4 is 0 Å². The van der Waals surface area contributed by atoms with Crippen LogP contribution in [-0.4, -0.2) is 47.5 Å². The minimum Gasteiger partial charge on any atom is -0.394 e. The van der Waals surface area contributed by atoms with E-state index >= 15 is 0 Å². The second kappa shape index (κ2) is 4.40. The molecule has 1 saturated heterocycles. The van der Waals surface area contributed by atoms with Crippen LogP contribution in [-0.2, 0) is 0 Å². The predicted molar refractivity (Wildman–Crippen MR) is 52.5 cm³/mol. The Hall–Kier alpha value is -0.120. The van der Waals surface area contributed by atoms with Crippen molar-refractivity contribution in [3.63, 3.8) is 0 Å². The molecule has 3 heteroatoms. The quantitative estimate of drug-likeness (QED) is 0.674. The molecule has 0 amide bonds. The first kappa shape index (κ1) is 11.0. The van der Waals surface area contributed by atoms with Gasteiger partial charge < -0.3 is 15.1 Å². The monoisotopic (exact) mass is 187 g/mol. The molecule has 1 unspecified atom stereocenters. The molecule has 1 heterocycles. The molecule has 78 valence electrons. The number of piperidine rings is 1. The van der Waals surface area contributed by atoms with E-state index in [1.807, 2.05) is 0 Å². The van der Waals surface area contributed by atoms with Gasteiger partial charge >= 0.3 is 0 Å². The Labute approximate surface area is 80.4 Å². The topological polar surface area (TPSA) is 43.7 Å². The van der Waals surface area contributed by atoms with E-state index in [0.29, 0.717) is 12.0 Å². The molecule has 0 aromatic carbocycles. The molecule has 0 spiro atoms. The first-order valence-electron chi connectivity index (χ1n) is 5.05. The fourth-order valence-electron chi connectivity index (χ4n) is 1.70. The highest BCUT2D eigenvalue weighted by Gasteiger charge is 2.25. The third-order valence-corrected chi connectivity index (χ3v) is 2.89. The van der Waals surface area contributed by atoms with E-state index in [1.165, 1.54) is 12.8 Å². The molecule has 0 aromatic rings. The summed E-state index contributed by atoms with van der Waals surface area (Å²) in [5.74, 6) is 0. The average Bonchev–Trinajstić information content (AvgIpc) is 2.08. The van der Waals surface area contributed by atoms with Gasteiger partial charge in [0.1, 0.15) is 0 Å². The summed E-state index contributed by atoms with van der Waals surface area (Å²) >= 11 is 0. The van der Waals surface area contributed by atoms with Crippen LogP contribution in [0.25, 0.3) is 0 Å². The number of hydrogen-bond acceptors (Lipinski definition) is 3. The zero-order valence-corrected chi connectivity index (χ0v) is 8.66. The van der Waals surface area contributed by atoms with Gasteiger partial charge in [-0.25, -0.2) is 0 Å². The van der Waals surface area contributed by atoms with Gasteiger partial charge in [-0.3, -0.25) is 0 Å². The van der Waals surface area contributed by atoms with E-state index in [-0.39, 0.29) is 6.61 Å².